The molecule has 1 aromatic heterocycles. The summed E-state index contributed by atoms with van der Waals surface area (Å²) >= 11 is 0. The lowest BCUT2D eigenvalue weighted by Crippen LogP contribution is -1.88. The molecule has 2 rings (SSSR count). The molecule has 0 spiro atoms. The standard InChI is InChI=1S/C11H11NO/c1-8-5-9(7-13)6-10-3-2-4-12-11(8)10/h2-6,13H,7H2,1H3. The van der Waals surface area contributed by atoms with E-state index in [9.17, 15) is 0 Å². The van der Waals surface area contributed by atoms with E-state index in [2.05, 4.69) is 4.98 Å². The van der Waals surface area contributed by atoms with Gasteiger partial charge in [0.05, 0.1) is 12.1 Å². The van der Waals surface area contributed by atoms with Gasteiger partial charge in [0.25, 0.3) is 0 Å². The van der Waals surface area contributed by atoms with Gasteiger partial charge in [0.2, 0.25) is 0 Å². The lowest BCUT2D eigenvalue weighted by atomic mass is 10.1. The number of hydrogen-bond donors (Lipinski definition) is 1. The summed E-state index contributed by atoms with van der Waals surface area (Å²) in [5.74, 6) is 0. The lowest BCUT2D eigenvalue weighted by molar-refractivity contribution is 0.282. The molecule has 0 unspecified atom stereocenters. The fourth-order valence-electron chi connectivity index (χ4n) is 1.54. The Labute approximate surface area is 76.9 Å². The molecule has 2 heteroatoms. The molecule has 0 atom stereocenters. The number of aliphatic hydroxyl groups is 1. The largest absolute Gasteiger partial charge is 0.392 e. The second-order valence-corrected chi connectivity index (χ2v) is 3.15. The maximum atomic E-state index is 9.00. The van der Waals surface area contributed by atoms with E-state index < -0.39 is 0 Å². The van der Waals surface area contributed by atoms with Crippen molar-refractivity contribution in [2.75, 3.05) is 0 Å². The fraction of sp³-hybridized carbons (Fsp3) is 0.182. The number of nitrogens with zero attached hydrogens (tertiary/aromatic N) is 1. The van der Waals surface area contributed by atoms with Gasteiger partial charge in [0, 0.05) is 11.6 Å². The van der Waals surface area contributed by atoms with Crippen molar-refractivity contribution < 1.29 is 5.11 Å². The molecule has 0 fully saturated rings. The van der Waals surface area contributed by atoms with E-state index in [0.29, 0.717) is 0 Å². The van der Waals surface area contributed by atoms with E-state index in [1.165, 1.54) is 0 Å². The van der Waals surface area contributed by atoms with Crippen molar-refractivity contribution in [3.05, 3.63) is 41.6 Å². The van der Waals surface area contributed by atoms with E-state index in [1.807, 2.05) is 31.2 Å². The zero-order valence-electron chi connectivity index (χ0n) is 7.49. The minimum Gasteiger partial charge on any atom is -0.392 e. The van der Waals surface area contributed by atoms with Crippen LogP contribution in [0.15, 0.2) is 30.5 Å². The number of aromatic nitrogens is 1. The zero-order valence-corrected chi connectivity index (χ0v) is 7.49. The van der Waals surface area contributed by atoms with E-state index >= 15 is 0 Å². The van der Waals surface area contributed by atoms with Gasteiger partial charge in [-0.1, -0.05) is 12.1 Å². The molecule has 0 aliphatic heterocycles. The van der Waals surface area contributed by atoms with Gasteiger partial charge in [0.1, 0.15) is 0 Å². The molecule has 2 nitrogen and oxygen atoms in total. The highest BCUT2D eigenvalue weighted by molar-refractivity contribution is 5.82. The number of aliphatic hydroxyl groups excluding tert-OH is 1. The molecule has 1 heterocycles. The molecule has 0 saturated carbocycles. The van der Waals surface area contributed by atoms with Gasteiger partial charge in [0.15, 0.2) is 0 Å². The minimum atomic E-state index is 0.0890. The minimum absolute atomic E-state index is 0.0890. The van der Waals surface area contributed by atoms with Gasteiger partial charge in [-0.2, -0.15) is 0 Å². The van der Waals surface area contributed by atoms with Crippen molar-refractivity contribution >= 4 is 10.9 Å². The van der Waals surface area contributed by atoms with E-state index in [0.717, 1.165) is 22.0 Å². The van der Waals surface area contributed by atoms with Crippen LogP contribution in [0.4, 0.5) is 0 Å². The summed E-state index contributed by atoms with van der Waals surface area (Å²) in [7, 11) is 0. The lowest BCUT2D eigenvalue weighted by Gasteiger charge is -2.03. The summed E-state index contributed by atoms with van der Waals surface area (Å²) in [6.07, 6.45) is 1.79. The first-order valence-corrected chi connectivity index (χ1v) is 4.26. The Hall–Kier alpha value is -1.41. The molecule has 0 saturated heterocycles. The van der Waals surface area contributed by atoms with Crippen molar-refractivity contribution in [3.8, 4) is 0 Å². The molecule has 13 heavy (non-hydrogen) atoms. The highest BCUT2D eigenvalue weighted by atomic mass is 16.3. The van der Waals surface area contributed by atoms with Crippen LogP contribution in [0.1, 0.15) is 11.1 Å². The van der Waals surface area contributed by atoms with Crippen LogP contribution in [0.3, 0.4) is 0 Å². The maximum absolute atomic E-state index is 9.00. The van der Waals surface area contributed by atoms with E-state index in [-0.39, 0.29) is 6.61 Å². The molecular formula is C11H11NO. The Balaban J connectivity index is 2.77. The normalized spacial score (nSPS) is 10.6. The Morgan fingerprint density at radius 2 is 2.23 bits per heavy atom. The summed E-state index contributed by atoms with van der Waals surface area (Å²) in [6.45, 7) is 2.10. The summed E-state index contributed by atoms with van der Waals surface area (Å²) < 4.78 is 0. The Morgan fingerprint density at radius 1 is 1.38 bits per heavy atom. The first kappa shape index (κ1) is 8.20. The second-order valence-electron chi connectivity index (χ2n) is 3.15. The van der Waals surface area contributed by atoms with E-state index in [1.54, 1.807) is 6.20 Å². The molecule has 1 aromatic carbocycles. The molecule has 0 radical (unpaired) electrons. The topological polar surface area (TPSA) is 33.1 Å². The molecular weight excluding hydrogens is 162 g/mol. The first-order chi connectivity index (χ1) is 6.31. The smallest absolute Gasteiger partial charge is 0.0731 e. The van der Waals surface area contributed by atoms with Crippen LogP contribution in [0.5, 0.6) is 0 Å². The Morgan fingerprint density at radius 3 is 3.00 bits per heavy atom. The predicted molar refractivity (Wildman–Crippen MR) is 52.4 cm³/mol. The van der Waals surface area contributed by atoms with Crippen LogP contribution in [-0.4, -0.2) is 10.1 Å². The zero-order chi connectivity index (χ0) is 9.26. The third-order valence-corrected chi connectivity index (χ3v) is 2.14. The van der Waals surface area contributed by atoms with Crippen molar-refractivity contribution in [2.24, 2.45) is 0 Å². The molecule has 66 valence electrons. The van der Waals surface area contributed by atoms with Crippen LogP contribution in [0.2, 0.25) is 0 Å². The first-order valence-electron chi connectivity index (χ1n) is 4.26. The molecule has 0 aliphatic carbocycles. The van der Waals surface area contributed by atoms with Crippen LogP contribution in [0, 0.1) is 6.92 Å². The third-order valence-electron chi connectivity index (χ3n) is 2.14. The summed E-state index contributed by atoms with van der Waals surface area (Å²) in [5, 5.41) is 10.1. The van der Waals surface area contributed by atoms with Crippen LogP contribution in [-0.2, 0) is 6.61 Å². The van der Waals surface area contributed by atoms with Crippen LogP contribution < -0.4 is 0 Å². The molecule has 0 amide bonds. The van der Waals surface area contributed by atoms with Gasteiger partial charge in [-0.3, -0.25) is 4.98 Å². The van der Waals surface area contributed by atoms with Crippen LogP contribution in [0.25, 0.3) is 10.9 Å². The summed E-state index contributed by atoms with van der Waals surface area (Å²) in [6, 6.07) is 7.85. The van der Waals surface area contributed by atoms with Gasteiger partial charge >= 0.3 is 0 Å². The SMILES string of the molecule is Cc1cc(CO)cc2cccnc12. The highest BCUT2D eigenvalue weighted by Crippen LogP contribution is 2.17. The van der Waals surface area contributed by atoms with Gasteiger partial charge < -0.3 is 5.11 Å². The number of rotatable bonds is 1. The quantitative estimate of drug-likeness (QED) is 0.715. The third kappa shape index (κ3) is 1.40. The Kier molecular flexibility index (Phi) is 1.99. The maximum Gasteiger partial charge on any atom is 0.0731 e. The monoisotopic (exact) mass is 173 g/mol. The van der Waals surface area contributed by atoms with Crippen molar-refractivity contribution in [2.45, 2.75) is 13.5 Å². The summed E-state index contributed by atoms with van der Waals surface area (Å²) in [4.78, 5) is 4.27. The average molecular weight is 173 g/mol. The number of hydrogen-bond acceptors (Lipinski definition) is 2. The van der Waals surface area contributed by atoms with Crippen LogP contribution >= 0.6 is 0 Å². The second kappa shape index (κ2) is 3.15. The molecule has 0 aliphatic rings. The van der Waals surface area contributed by atoms with Gasteiger partial charge in [-0.25, -0.2) is 0 Å². The molecule has 0 bridgehead atoms. The number of aryl methyl sites for hydroxylation is 1. The van der Waals surface area contributed by atoms with Gasteiger partial charge in [-0.05, 0) is 30.2 Å². The van der Waals surface area contributed by atoms with Crippen molar-refractivity contribution in [3.63, 3.8) is 0 Å². The fourth-order valence-corrected chi connectivity index (χ4v) is 1.54. The van der Waals surface area contributed by atoms with E-state index in [4.69, 9.17) is 5.11 Å². The molecule has 2 aromatic rings. The number of pyridine rings is 1. The highest BCUT2D eigenvalue weighted by Gasteiger charge is 1.99. The Bertz CT molecular complexity index is 437. The number of benzene rings is 1. The number of fused-ring (bicyclic) bond motifs is 1. The van der Waals surface area contributed by atoms with Crippen molar-refractivity contribution in [1.29, 1.82) is 0 Å². The summed E-state index contributed by atoms with van der Waals surface area (Å²) in [5.41, 5.74) is 3.07. The molecule has 1 N–H and O–H groups in total. The average Bonchev–Trinajstić information content (AvgIpc) is 2.18. The van der Waals surface area contributed by atoms with Gasteiger partial charge in [-0.15, -0.1) is 0 Å². The van der Waals surface area contributed by atoms with Crippen molar-refractivity contribution in [1.82, 2.24) is 4.98 Å². The predicted octanol–water partition coefficient (Wildman–Crippen LogP) is 2.04.